The molecule has 0 bridgehead atoms. The minimum absolute atomic E-state index is 0.143. The van der Waals surface area contributed by atoms with Gasteiger partial charge in [0.15, 0.2) is 5.76 Å². The highest BCUT2D eigenvalue weighted by Crippen LogP contribution is 2.38. The minimum atomic E-state index is -0.348. The zero-order valence-electron chi connectivity index (χ0n) is 11.1. The summed E-state index contributed by atoms with van der Waals surface area (Å²) in [5.74, 6) is -0.375. The van der Waals surface area contributed by atoms with Gasteiger partial charge in [0, 0.05) is 6.20 Å². The Labute approximate surface area is 120 Å². The molecule has 0 saturated carbocycles. The standard InChI is InChI=1S/C15H14NO3S/c1-19-15(18)12-8-9-6-7-16-13(14(9)20-12)10-4-2-3-5-11(10)17/h5-8,10H,2-4H2,1H3. The Morgan fingerprint density at radius 1 is 1.50 bits per heavy atom. The van der Waals surface area contributed by atoms with Crippen molar-refractivity contribution in [3.8, 4) is 0 Å². The molecule has 20 heavy (non-hydrogen) atoms. The summed E-state index contributed by atoms with van der Waals surface area (Å²) in [7, 11) is 1.37. The average molecular weight is 288 g/mol. The number of ether oxygens (including phenoxy) is 1. The van der Waals surface area contributed by atoms with Crippen molar-refractivity contribution in [2.75, 3.05) is 7.11 Å². The van der Waals surface area contributed by atoms with Crippen molar-refractivity contribution in [2.24, 2.45) is 0 Å². The van der Waals surface area contributed by atoms with E-state index in [2.05, 4.69) is 4.98 Å². The second-order valence-corrected chi connectivity index (χ2v) is 5.86. The summed E-state index contributed by atoms with van der Waals surface area (Å²) in [5.41, 5.74) is 0.795. The molecule has 0 saturated heterocycles. The Kier molecular flexibility index (Phi) is 3.44. The maximum absolute atomic E-state index is 12.1. The van der Waals surface area contributed by atoms with Gasteiger partial charge in [-0.15, -0.1) is 11.3 Å². The van der Waals surface area contributed by atoms with E-state index in [1.54, 1.807) is 18.3 Å². The van der Waals surface area contributed by atoms with Crippen LogP contribution >= 0.6 is 11.3 Å². The molecule has 1 radical (unpaired) electrons. The van der Waals surface area contributed by atoms with Crippen molar-refractivity contribution in [1.82, 2.24) is 4.98 Å². The van der Waals surface area contributed by atoms with Crippen LogP contribution in [0, 0.1) is 0 Å². The lowest BCUT2D eigenvalue weighted by Crippen LogP contribution is -2.07. The monoisotopic (exact) mass is 288 g/mol. The van der Waals surface area contributed by atoms with Gasteiger partial charge in [-0.3, -0.25) is 10.1 Å². The summed E-state index contributed by atoms with van der Waals surface area (Å²) in [6.45, 7) is 0. The van der Waals surface area contributed by atoms with Gasteiger partial charge in [0.2, 0.25) is 0 Å². The number of nitrogens with zero attached hydrogens (tertiary/aromatic N) is 1. The first-order valence-corrected chi connectivity index (χ1v) is 7.36. The number of carbonyl (C=O) groups excluding carboxylic acids is 1. The molecule has 0 spiro atoms. The predicted molar refractivity (Wildman–Crippen MR) is 76.3 cm³/mol. The van der Waals surface area contributed by atoms with Gasteiger partial charge in [-0.25, -0.2) is 4.79 Å². The topological polar surface area (TPSA) is 59.1 Å². The molecule has 0 amide bonds. The van der Waals surface area contributed by atoms with E-state index in [0.29, 0.717) is 4.88 Å². The average Bonchev–Trinajstić information content (AvgIpc) is 2.91. The summed E-state index contributed by atoms with van der Waals surface area (Å²) in [4.78, 5) is 16.6. The van der Waals surface area contributed by atoms with Crippen molar-refractivity contribution in [3.63, 3.8) is 0 Å². The summed E-state index contributed by atoms with van der Waals surface area (Å²) in [6.07, 6.45) is 6.14. The molecule has 103 valence electrons. The van der Waals surface area contributed by atoms with Gasteiger partial charge in [0.1, 0.15) is 4.88 Å². The van der Waals surface area contributed by atoms with E-state index >= 15 is 0 Å². The largest absolute Gasteiger partial charge is 0.465 e. The van der Waals surface area contributed by atoms with Gasteiger partial charge in [0.05, 0.1) is 23.4 Å². The summed E-state index contributed by atoms with van der Waals surface area (Å²) >= 11 is 1.35. The zero-order valence-corrected chi connectivity index (χ0v) is 11.9. The third-order valence-corrected chi connectivity index (χ3v) is 4.72. The third kappa shape index (κ3) is 2.18. The lowest BCUT2D eigenvalue weighted by atomic mass is 9.90. The highest BCUT2D eigenvalue weighted by molar-refractivity contribution is 7.20. The van der Waals surface area contributed by atoms with E-state index in [1.165, 1.54) is 18.4 Å². The number of allylic oxidation sites excluding steroid dienone is 2. The van der Waals surface area contributed by atoms with Gasteiger partial charge in [-0.05, 0) is 42.9 Å². The van der Waals surface area contributed by atoms with Crippen LogP contribution in [0.2, 0.25) is 0 Å². The first kappa shape index (κ1) is 13.1. The maximum atomic E-state index is 12.1. The molecule has 2 aromatic rings. The molecule has 1 aliphatic rings. The van der Waals surface area contributed by atoms with Crippen molar-refractivity contribution >= 4 is 27.4 Å². The molecule has 2 heterocycles. The van der Waals surface area contributed by atoms with E-state index in [-0.39, 0.29) is 17.6 Å². The smallest absolute Gasteiger partial charge is 0.348 e. The number of esters is 1. The molecular weight excluding hydrogens is 274 g/mol. The van der Waals surface area contributed by atoms with Gasteiger partial charge in [-0.2, -0.15) is 0 Å². The minimum Gasteiger partial charge on any atom is -0.465 e. The number of pyridine rings is 1. The fourth-order valence-corrected chi connectivity index (χ4v) is 3.67. The van der Waals surface area contributed by atoms with Crippen LogP contribution in [0.3, 0.4) is 0 Å². The number of fused-ring (bicyclic) bond motifs is 1. The fourth-order valence-electron chi connectivity index (χ4n) is 2.56. The molecule has 3 rings (SSSR count). The molecule has 0 aliphatic heterocycles. The Balaban J connectivity index is 2.11. The van der Waals surface area contributed by atoms with Gasteiger partial charge in [0.25, 0.3) is 0 Å². The Morgan fingerprint density at radius 2 is 2.35 bits per heavy atom. The van der Waals surface area contributed by atoms with Crippen LogP contribution in [0.25, 0.3) is 10.1 Å². The summed E-state index contributed by atoms with van der Waals surface area (Å²) in [6, 6.07) is 3.66. The van der Waals surface area contributed by atoms with E-state index in [9.17, 15) is 9.90 Å². The lowest BCUT2D eigenvalue weighted by molar-refractivity contribution is 0.0606. The van der Waals surface area contributed by atoms with Crippen LogP contribution in [0.5, 0.6) is 0 Å². The molecule has 5 heteroatoms. The molecule has 2 aromatic heterocycles. The van der Waals surface area contributed by atoms with Crippen molar-refractivity contribution in [3.05, 3.63) is 40.7 Å². The number of methoxy groups -OCH3 is 1. The molecule has 0 N–H and O–H groups in total. The second kappa shape index (κ2) is 5.25. The number of hydrogen-bond acceptors (Lipinski definition) is 4. The molecule has 0 fully saturated rings. The van der Waals surface area contributed by atoms with Crippen LogP contribution in [0.4, 0.5) is 0 Å². The second-order valence-electron chi connectivity index (χ2n) is 4.81. The number of thiophene rings is 1. The highest BCUT2D eigenvalue weighted by atomic mass is 32.1. The van der Waals surface area contributed by atoms with E-state index < -0.39 is 0 Å². The fraction of sp³-hybridized carbons (Fsp3) is 0.333. The van der Waals surface area contributed by atoms with Crippen molar-refractivity contribution in [1.29, 1.82) is 0 Å². The van der Waals surface area contributed by atoms with E-state index in [0.717, 1.165) is 35.0 Å². The maximum Gasteiger partial charge on any atom is 0.348 e. The molecule has 1 unspecified atom stereocenters. The Hall–Kier alpha value is -1.88. The number of hydrogen-bond donors (Lipinski definition) is 0. The van der Waals surface area contributed by atoms with Gasteiger partial charge in [-0.1, -0.05) is 0 Å². The third-order valence-electron chi connectivity index (χ3n) is 3.56. The number of carbonyl (C=O) groups is 1. The molecule has 4 nitrogen and oxygen atoms in total. The normalized spacial score (nSPS) is 18.9. The Morgan fingerprint density at radius 3 is 3.10 bits per heavy atom. The lowest BCUT2D eigenvalue weighted by Gasteiger charge is -2.17. The summed E-state index contributed by atoms with van der Waals surface area (Å²) in [5, 5.41) is 13.0. The van der Waals surface area contributed by atoms with E-state index in [4.69, 9.17) is 4.74 Å². The molecule has 1 aliphatic carbocycles. The van der Waals surface area contributed by atoms with Crippen molar-refractivity contribution in [2.45, 2.75) is 25.2 Å². The van der Waals surface area contributed by atoms with Crippen LogP contribution in [0.15, 0.2) is 30.2 Å². The van der Waals surface area contributed by atoms with Crippen molar-refractivity contribution < 1.29 is 14.6 Å². The molecule has 1 atom stereocenters. The van der Waals surface area contributed by atoms with Crippen LogP contribution < -0.4 is 0 Å². The van der Waals surface area contributed by atoms with Gasteiger partial charge >= 0.3 is 5.97 Å². The quantitative estimate of drug-likeness (QED) is 0.792. The molecule has 0 aromatic carbocycles. The first-order chi connectivity index (χ1) is 9.70. The SMILES string of the molecule is COC(=O)c1cc2ccnc(C3CCCC=C3[O])c2s1. The summed E-state index contributed by atoms with van der Waals surface area (Å²) < 4.78 is 5.67. The Bertz CT molecular complexity index is 689. The van der Waals surface area contributed by atoms with Crippen LogP contribution in [-0.4, -0.2) is 18.1 Å². The zero-order chi connectivity index (χ0) is 14.1. The predicted octanol–water partition coefficient (Wildman–Crippen LogP) is 3.66. The van der Waals surface area contributed by atoms with Crippen LogP contribution in [-0.2, 0) is 9.84 Å². The van der Waals surface area contributed by atoms with Gasteiger partial charge < -0.3 is 4.74 Å². The van der Waals surface area contributed by atoms with E-state index in [1.807, 2.05) is 6.07 Å². The number of aromatic nitrogens is 1. The van der Waals surface area contributed by atoms with Crippen LogP contribution in [0.1, 0.15) is 40.5 Å². The molecular formula is C15H14NO3S. The first-order valence-electron chi connectivity index (χ1n) is 6.54. The highest BCUT2D eigenvalue weighted by Gasteiger charge is 2.25. The number of rotatable bonds is 2.